The van der Waals surface area contributed by atoms with Gasteiger partial charge in [-0.25, -0.2) is 0 Å². The molecule has 0 heterocycles. The van der Waals surface area contributed by atoms with Crippen molar-refractivity contribution >= 4 is 5.91 Å². The predicted molar refractivity (Wildman–Crippen MR) is 91.3 cm³/mol. The van der Waals surface area contributed by atoms with Gasteiger partial charge in [0.2, 0.25) is 5.91 Å². The van der Waals surface area contributed by atoms with Gasteiger partial charge in [-0.1, -0.05) is 42.5 Å². The maximum Gasteiger partial charge on any atom is 0.231 e. The van der Waals surface area contributed by atoms with Crippen molar-refractivity contribution in [2.24, 2.45) is 5.73 Å². The molecular weight excluding hydrogens is 286 g/mol. The van der Waals surface area contributed by atoms with Gasteiger partial charge >= 0.3 is 0 Å². The Morgan fingerprint density at radius 2 is 1.83 bits per heavy atom. The van der Waals surface area contributed by atoms with Crippen LogP contribution in [0.1, 0.15) is 25.0 Å². The van der Waals surface area contributed by atoms with Crippen LogP contribution in [0.5, 0.6) is 0 Å². The molecule has 4 nitrogen and oxygen atoms in total. The van der Waals surface area contributed by atoms with Crippen molar-refractivity contribution in [1.29, 1.82) is 5.26 Å². The molecule has 23 heavy (non-hydrogen) atoms. The van der Waals surface area contributed by atoms with Gasteiger partial charge in [-0.15, -0.1) is 0 Å². The molecule has 118 valence electrons. The van der Waals surface area contributed by atoms with Gasteiger partial charge in [0, 0.05) is 12.6 Å². The van der Waals surface area contributed by atoms with E-state index in [1.165, 1.54) is 0 Å². The van der Waals surface area contributed by atoms with Crippen molar-refractivity contribution < 1.29 is 4.79 Å². The number of nitrogens with two attached hydrogens (primary N) is 1. The van der Waals surface area contributed by atoms with Gasteiger partial charge in [0.05, 0.1) is 18.2 Å². The molecule has 0 saturated carbocycles. The number of nitriles is 1. The van der Waals surface area contributed by atoms with Crippen molar-refractivity contribution in [1.82, 2.24) is 4.90 Å². The molecule has 0 atom stereocenters. The fraction of sp³-hybridized carbons (Fsp3) is 0.263. The zero-order chi connectivity index (χ0) is 16.8. The standard InChI is InChI=1S/C19H21N3O/c1-14(2)22(13-19(21)23)12-15-7-9-16(10-8-15)18-6-4-3-5-17(18)11-20/h3-10,14H,12-13H2,1-2H3,(H2,21,23). The third-order valence-corrected chi connectivity index (χ3v) is 3.79. The van der Waals surface area contributed by atoms with Crippen molar-refractivity contribution in [3.8, 4) is 17.2 Å². The highest BCUT2D eigenvalue weighted by atomic mass is 16.1. The summed E-state index contributed by atoms with van der Waals surface area (Å²) in [5.74, 6) is -0.321. The number of carbonyl (C=O) groups is 1. The second-order valence-electron chi connectivity index (χ2n) is 5.82. The van der Waals surface area contributed by atoms with Crippen LogP contribution in [0.4, 0.5) is 0 Å². The minimum Gasteiger partial charge on any atom is -0.369 e. The van der Waals surface area contributed by atoms with E-state index in [1.54, 1.807) is 0 Å². The highest BCUT2D eigenvalue weighted by Crippen LogP contribution is 2.24. The number of benzene rings is 2. The molecule has 2 N–H and O–H groups in total. The fourth-order valence-corrected chi connectivity index (χ4v) is 2.48. The van der Waals surface area contributed by atoms with E-state index >= 15 is 0 Å². The van der Waals surface area contributed by atoms with Crippen molar-refractivity contribution in [2.75, 3.05) is 6.54 Å². The zero-order valence-electron chi connectivity index (χ0n) is 13.5. The number of primary amides is 1. The summed E-state index contributed by atoms with van der Waals surface area (Å²) < 4.78 is 0. The average Bonchev–Trinajstić information content (AvgIpc) is 2.54. The van der Waals surface area contributed by atoms with E-state index < -0.39 is 0 Å². The van der Waals surface area contributed by atoms with Gasteiger partial charge in [0.25, 0.3) is 0 Å². The first-order valence-corrected chi connectivity index (χ1v) is 7.62. The minimum atomic E-state index is -0.321. The monoisotopic (exact) mass is 307 g/mol. The summed E-state index contributed by atoms with van der Waals surface area (Å²) in [4.78, 5) is 13.2. The molecule has 2 aromatic carbocycles. The first kappa shape index (κ1) is 16.7. The summed E-state index contributed by atoms with van der Waals surface area (Å²) in [6.45, 7) is 5.00. The highest BCUT2D eigenvalue weighted by Gasteiger charge is 2.13. The van der Waals surface area contributed by atoms with Crippen LogP contribution in [-0.4, -0.2) is 23.4 Å². The number of carbonyl (C=O) groups excluding carboxylic acids is 1. The van der Waals surface area contributed by atoms with Crippen molar-refractivity contribution in [3.63, 3.8) is 0 Å². The third kappa shape index (κ3) is 4.41. The largest absolute Gasteiger partial charge is 0.369 e. The van der Waals surface area contributed by atoms with Gasteiger partial charge in [0.1, 0.15) is 0 Å². The lowest BCUT2D eigenvalue weighted by Crippen LogP contribution is -2.37. The minimum absolute atomic E-state index is 0.237. The molecule has 0 aromatic heterocycles. The molecule has 2 aromatic rings. The Bertz CT molecular complexity index is 714. The van der Waals surface area contributed by atoms with E-state index in [4.69, 9.17) is 5.73 Å². The maximum atomic E-state index is 11.2. The molecule has 0 spiro atoms. The predicted octanol–water partition coefficient (Wildman–Crippen LogP) is 2.92. The Morgan fingerprint density at radius 1 is 1.17 bits per heavy atom. The van der Waals surface area contributed by atoms with Gasteiger partial charge < -0.3 is 5.73 Å². The summed E-state index contributed by atoms with van der Waals surface area (Å²) in [6, 6.07) is 18.1. The van der Waals surface area contributed by atoms with E-state index in [9.17, 15) is 10.1 Å². The lowest BCUT2D eigenvalue weighted by Gasteiger charge is -2.25. The van der Waals surface area contributed by atoms with Gasteiger partial charge in [-0.05, 0) is 36.6 Å². The molecule has 0 aliphatic carbocycles. The van der Waals surface area contributed by atoms with Crippen LogP contribution in [0.25, 0.3) is 11.1 Å². The molecule has 4 heteroatoms. The second-order valence-corrected chi connectivity index (χ2v) is 5.82. The van der Waals surface area contributed by atoms with E-state index in [0.717, 1.165) is 16.7 Å². The molecule has 2 rings (SSSR count). The molecule has 0 unspecified atom stereocenters. The first-order chi connectivity index (χ1) is 11.0. The van der Waals surface area contributed by atoms with Crippen LogP contribution in [-0.2, 0) is 11.3 Å². The van der Waals surface area contributed by atoms with Crippen LogP contribution in [0.2, 0.25) is 0 Å². The molecule has 0 aliphatic heterocycles. The van der Waals surface area contributed by atoms with Crippen LogP contribution < -0.4 is 5.73 Å². The lowest BCUT2D eigenvalue weighted by atomic mass is 9.99. The number of nitrogens with zero attached hydrogens (tertiary/aromatic N) is 2. The van der Waals surface area contributed by atoms with Crippen LogP contribution >= 0.6 is 0 Å². The smallest absolute Gasteiger partial charge is 0.231 e. The number of amides is 1. The topological polar surface area (TPSA) is 70.1 Å². The lowest BCUT2D eigenvalue weighted by molar-refractivity contribution is -0.119. The Morgan fingerprint density at radius 3 is 2.39 bits per heavy atom. The SMILES string of the molecule is CC(C)N(CC(N)=O)Cc1ccc(-c2ccccc2C#N)cc1. The number of hydrogen-bond donors (Lipinski definition) is 1. The van der Waals surface area contributed by atoms with E-state index in [0.29, 0.717) is 12.1 Å². The second kappa shape index (κ2) is 7.57. The third-order valence-electron chi connectivity index (χ3n) is 3.79. The fourth-order valence-electron chi connectivity index (χ4n) is 2.48. The first-order valence-electron chi connectivity index (χ1n) is 7.62. The summed E-state index contributed by atoms with van der Waals surface area (Å²) >= 11 is 0. The van der Waals surface area contributed by atoms with Crippen molar-refractivity contribution in [3.05, 3.63) is 59.7 Å². The molecule has 0 bridgehead atoms. The Labute approximate surface area is 137 Å². The van der Waals surface area contributed by atoms with E-state index in [2.05, 4.69) is 6.07 Å². The number of rotatable bonds is 6. The van der Waals surface area contributed by atoms with Gasteiger partial charge in [0.15, 0.2) is 0 Å². The Kier molecular flexibility index (Phi) is 5.51. The summed E-state index contributed by atoms with van der Waals surface area (Å²) in [7, 11) is 0. The van der Waals surface area contributed by atoms with E-state index in [1.807, 2.05) is 67.3 Å². The van der Waals surface area contributed by atoms with Gasteiger partial charge in [-0.3, -0.25) is 9.69 Å². The molecule has 0 saturated heterocycles. The molecule has 0 aliphatic rings. The average molecular weight is 307 g/mol. The zero-order valence-corrected chi connectivity index (χ0v) is 13.5. The maximum absolute atomic E-state index is 11.2. The molecule has 1 amide bonds. The van der Waals surface area contributed by atoms with E-state index in [-0.39, 0.29) is 18.5 Å². The Balaban J connectivity index is 2.19. The number of hydrogen-bond acceptors (Lipinski definition) is 3. The quantitative estimate of drug-likeness (QED) is 0.892. The van der Waals surface area contributed by atoms with Crippen LogP contribution in [0.3, 0.4) is 0 Å². The van der Waals surface area contributed by atoms with Crippen molar-refractivity contribution in [2.45, 2.75) is 26.4 Å². The normalized spacial score (nSPS) is 10.7. The molecule has 0 radical (unpaired) electrons. The summed E-state index contributed by atoms with van der Waals surface area (Å²) in [5, 5.41) is 9.20. The highest BCUT2D eigenvalue weighted by molar-refractivity contribution is 5.76. The summed E-state index contributed by atoms with van der Waals surface area (Å²) in [6.07, 6.45) is 0. The van der Waals surface area contributed by atoms with Crippen LogP contribution in [0, 0.1) is 11.3 Å². The summed E-state index contributed by atoms with van der Waals surface area (Å²) in [5.41, 5.74) is 9.02. The van der Waals surface area contributed by atoms with Crippen LogP contribution in [0.15, 0.2) is 48.5 Å². The van der Waals surface area contributed by atoms with Gasteiger partial charge in [-0.2, -0.15) is 5.26 Å². The molecule has 0 fully saturated rings. The Hall–Kier alpha value is -2.64. The molecular formula is C19H21N3O.